The van der Waals surface area contributed by atoms with Crippen molar-refractivity contribution in [3.8, 4) is 5.75 Å². The van der Waals surface area contributed by atoms with Crippen LogP contribution in [0.2, 0.25) is 0 Å². The summed E-state index contributed by atoms with van der Waals surface area (Å²) in [4.78, 5) is 20.3. The van der Waals surface area contributed by atoms with Gasteiger partial charge in [0.05, 0.1) is 12.0 Å². The van der Waals surface area contributed by atoms with Crippen molar-refractivity contribution in [3.05, 3.63) is 33.9 Å². The summed E-state index contributed by atoms with van der Waals surface area (Å²) in [6, 6.07) is 4.26. The van der Waals surface area contributed by atoms with E-state index >= 15 is 0 Å². The molecule has 1 aromatic rings. The maximum Gasteiger partial charge on any atom is 0.404 e. The first kappa shape index (κ1) is 11.8. The number of hydrogen-bond acceptors (Lipinski definition) is 4. The number of carboxylic acid groups (broad SMARTS) is 1. The lowest BCUT2D eigenvalue weighted by atomic mass is 10.2. The van der Waals surface area contributed by atoms with E-state index in [1.54, 1.807) is 6.07 Å². The third-order valence-corrected chi connectivity index (χ3v) is 1.88. The van der Waals surface area contributed by atoms with E-state index in [0.717, 1.165) is 0 Å². The normalized spacial score (nSPS) is 9.56. The lowest BCUT2D eigenvalue weighted by molar-refractivity contribution is -0.385. The summed E-state index contributed by atoms with van der Waals surface area (Å²) in [5.74, 6) is 0.143. The maximum atomic E-state index is 10.7. The maximum absolute atomic E-state index is 10.7. The summed E-state index contributed by atoms with van der Waals surface area (Å²) in [5.41, 5.74) is 0.307. The van der Waals surface area contributed by atoms with Crippen LogP contribution in [0.5, 0.6) is 5.75 Å². The van der Waals surface area contributed by atoms with Gasteiger partial charge in [0.1, 0.15) is 0 Å². The van der Waals surface area contributed by atoms with Gasteiger partial charge in [0.2, 0.25) is 0 Å². The Morgan fingerprint density at radius 3 is 2.81 bits per heavy atom. The second-order valence-corrected chi connectivity index (χ2v) is 2.92. The highest BCUT2D eigenvalue weighted by molar-refractivity contribution is 5.64. The predicted octanol–water partition coefficient (Wildman–Crippen LogP) is 1.37. The van der Waals surface area contributed by atoms with Gasteiger partial charge >= 0.3 is 11.8 Å². The van der Waals surface area contributed by atoms with Crippen LogP contribution in [0.25, 0.3) is 0 Å². The van der Waals surface area contributed by atoms with Gasteiger partial charge in [0.25, 0.3) is 0 Å². The molecule has 0 saturated carbocycles. The van der Waals surface area contributed by atoms with E-state index in [1.807, 2.05) is 0 Å². The van der Waals surface area contributed by atoms with E-state index in [0.29, 0.717) is 5.56 Å². The average molecular weight is 226 g/mol. The molecule has 0 fully saturated rings. The largest absolute Gasteiger partial charge is 0.490 e. The summed E-state index contributed by atoms with van der Waals surface area (Å²) in [7, 11) is 1.33. The average Bonchev–Trinajstić information content (AvgIpc) is 2.25. The molecule has 0 saturated heterocycles. The number of methoxy groups -OCH3 is 1. The van der Waals surface area contributed by atoms with Gasteiger partial charge in [0, 0.05) is 12.6 Å². The Bertz CT molecular complexity index is 418. The summed E-state index contributed by atoms with van der Waals surface area (Å²) in [6.07, 6.45) is -1.18. The molecule has 0 radical (unpaired) electrons. The Hall–Kier alpha value is -2.31. The number of amides is 1. The Morgan fingerprint density at radius 2 is 2.31 bits per heavy atom. The van der Waals surface area contributed by atoms with Crippen molar-refractivity contribution in [2.24, 2.45) is 0 Å². The number of hydrogen-bond donors (Lipinski definition) is 2. The van der Waals surface area contributed by atoms with Crippen LogP contribution in [0.4, 0.5) is 10.5 Å². The van der Waals surface area contributed by atoms with Crippen molar-refractivity contribution >= 4 is 11.8 Å². The summed E-state index contributed by atoms with van der Waals surface area (Å²) in [6.45, 7) is 0.0141. The van der Waals surface area contributed by atoms with Crippen LogP contribution in [0, 0.1) is 10.1 Å². The van der Waals surface area contributed by atoms with Crippen LogP contribution in [0.3, 0.4) is 0 Å². The lowest BCUT2D eigenvalue weighted by Crippen LogP contribution is -2.19. The molecule has 2 N–H and O–H groups in total. The fourth-order valence-electron chi connectivity index (χ4n) is 1.17. The number of carbonyl (C=O) groups is 1. The van der Waals surface area contributed by atoms with Crippen LogP contribution in [0.15, 0.2) is 18.2 Å². The molecule has 0 aromatic heterocycles. The number of nitrogens with one attached hydrogen (secondary N) is 1. The van der Waals surface area contributed by atoms with Crippen molar-refractivity contribution in [3.63, 3.8) is 0 Å². The van der Waals surface area contributed by atoms with E-state index in [9.17, 15) is 14.9 Å². The van der Waals surface area contributed by atoms with E-state index in [1.165, 1.54) is 19.2 Å². The third-order valence-electron chi connectivity index (χ3n) is 1.88. The zero-order chi connectivity index (χ0) is 12.1. The smallest absolute Gasteiger partial charge is 0.404 e. The van der Waals surface area contributed by atoms with Gasteiger partial charge in [-0.2, -0.15) is 0 Å². The molecule has 7 nitrogen and oxygen atoms in total. The lowest BCUT2D eigenvalue weighted by Gasteiger charge is -2.04. The summed E-state index contributed by atoms with van der Waals surface area (Å²) < 4.78 is 4.81. The number of ether oxygens (including phenoxy) is 1. The molecule has 0 bridgehead atoms. The second kappa shape index (κ2) is 4.96. The molecule has 0 unspecified atom stereocenters. The van der Waals surface area contributed by atoms with Crippen LogP contribution < -0.4 is 10.1 Å². The molecule has 0 aliphatic carbocycles. The van der Waals surface area contributed by atoms with Crippen molar-refractivity contribution in [2.75, 3.05) is 7.11 Å². The van der Waals surface area contributed by atoms with E-state index < -0.39 is 11.0 Å². The number of nitro groups is 1. The summed E-state index contributed by atoms with van der Waals surface area (Å²) >= 11 is 0. The van der Waals surface area contributed by atoms with Gasteiger partial charge < -0.3 is 15.2 Å². The minimum Gasteiger partial charge on any atom is -0.490 e. The molecule has 7 heteroatoms. The number of rotatable bonds is 4. The Morgan fingerprint density at radius 1 is 1.62 bits per heavy atom. The molecular weight excluding hydrogens is 216 g/mol. The first-order chi connectivity index (χ1) is 7.54. The second-order valence-electron chi connectivity index (χ2n) is 2.92. The van der Waals surface area contributed by atoms with Crippen molar-refractivity contribution in [1.29, 1.82) is 0 Å². The van der Waals surface area contributed by atoms with Crippen molar-refractivity contribution in [1.82, 2.24) is 5.32 Å². The summed E-state index contributed by atoms with van der Waals surface area (Å²) in [5, 5.41) is 21.2. The van der Waals surface area contributed by atoms with Crippen LogP contribution >= 0.6 is 0 Å². The zero-order valence-electron chi connectivity index (χ0n) is 8.47. The van der Waals surface area contributed by atoms with E-state index in [2.05, 4.69) is 5.32 Å². The molecule has 0 heterocycles. The Labute approximate surface area is 90.8 Å². The molecule has 0 aliphatic rings. The molecule has 16 heavy (non-hydrogen) atoms. The molecule has 0 spiro atoms. The van der Waals surface area contributed by atoms with Gasteiger partial charge in [-0.1, -0.05) is 6.07 Å². The molecule has 0 atom stereocenters. The predicted molar refractivity (Wildman–Crippen MR) is 54.5 cm³/mol. The fourth-order valence-corrected chi connectivity index (χ4v) is 1.17. The number of benzene rings is 1. The zero-order valence-corrected chi connectivity index (χ0v) is 8.47. The van der Waals surface area contributed by atoms with Crippen LogP contribution in [-0.2, 0) is 6.54 Å². The molecular formula is C9H10N2O5. The molecule has 1 rings (SSSR count). The Kier molecular flexibility index (Phi) is 3.65. The van der Waals surface area contributed by atoms with Gasteiger partial charge in [-0.3, -0.25) is 10.1 Å². The van der Waals surface area contributed by atoms with Gasteiger partial charge in [-0.25, -0.2) is 4.79 Å². The van der Waals surface area contributed by atoms with Gasteiger partial charge in [-0.15, -0.1) is 0 Å². The van der Waals surface area contributed by atoms with Gasteiger partial charge in [0.15, 0.2) is 5.75 Å². The SMILES string of the molecule is COc1ccc(CNC(=O)O)cc1[N+](=O)[O-]. The fraction of sp³-hybridized carbons (Fsp3) is 0.222. The quantitative estimate of drug-likeness (QED) is 0.596. The first-order valence-corrected chi connectivity index (χ1v) is 4.32. The van der Waals surface area contributed by atoms with Crippen molar-refractivity contribution < 1.29 is 19.6 Å². The van der Waals surface area contributed by atoms with E-state index in [-0.39, 0.29) is 18.0 Å². The minimum atomic E-state index is -1.18. The standard InChI is InChI=1S/C9H10N2O5/c1-16-8-3-2-6(5-10-9(12)13)4-7(8)11(14)15/h2-4,10H,5H2,1H3,(H,12,13). The number of nitro benzene ring substituents is 1. The van der Waals surface area contributed by atoms with Crippen LogP contribution in [-0.4, -0.2) is 23.2 Å². The molecule has 1 aromatic carbocycles. The highest BCUT2D eigenvalue weighted by Gasteiger charge is 2.15. The van der Waals surface area contributed by atoms with Gasteiger partial charge in [-0.05, 0) is 11.6 Å². The third kappa shape index (κ3) is 2.84. The topological polar surface area (TPSA) is 102 Å². The minimum absolute atomic E-state index is 0.0141. The van der Waals surface area contributed by atoms with Crippen molar-refractivity contribution in [2.45, 2.75) is 6.54 Å². The highest BCUT2D eigenvalue weighted by atomic mass is 16.6. The Balaban J connectivity index is 2.93. The van der Waals surface area contributed by atoms with E-state index in [4.69, 9.17) is 9.84 Å². The number of nitrogens with zero attached hydrogens (tertiary/aromatic N) is 1. The monoisotopic (exact) mass is 226 g/mol. The molecule has 1 amide bonds. The molecule has 86 valence electrons. The van der Waals surface area contributed by atoms with Crippen LogP contribution in [0.1, 0.15) is 5.56 Å². The molecule has 0 aliphatic heterocycles. The highest BCUT2D eigenvalue weighted by Crippen LogP contribution is 2.27. The first-order valence-electron chi connectivity index (χ1n) is 4.32.